The monoisotopic (exact) mass is 752 g/mol. The summed E-state index contributed by atoms with van der Waals surface area (Å²) >= 11 is 0. The van der Waals surface area contributed by atoms with Crippen LogP contribution >= 0.6 is 0 Å². The SMILES string of the molecule is c1ccc(-n2c(-c3cccc(-c4cccc(-c5cc(-n6c7ccccc7c7ccccc76)cc(-n6c7ccccc7c7ccccc76)c5)c4)c3)nc3ccccc32)cc1. The van der Waals surface area contributed by atoms with E-state index < -0.39 is 0 Å². The van der Waals surface area contributed by atoms with Crippen molar-refractivity contribution in [3.8, 4) is 50.7 Å². The van der Waals surface area contributed by atoms with E-state index in [9.17, 15) is 0 Å². The lowest BCUT2D eigenvalue weighted by Crippen LogP contribution is -2.00. The van der Waals surface area contributed by atoms with Gasteiger partial charge in [0.25, 0.3) is 0 Å². The van der Waals surface area contributed by atoms with Crippen molar-refractivity contribution in [2.45, 2.75) is 0 Å². The average molecular weight is 753 g/mol. The summed E-state index contributed by atoms with van der Waals surface area (Å²) in [5.74, 6) is 0.921. The molecule has 276 valence electrons. The fourth-order valence-corrected chi connectivity index (χ4v) is 9.20. The molecular formula is C55H36N4. The molecule has 12 aromatic rings. The number of nitrogens with zero attached hydrogens (tertiary/aromatic N) is 4. The molecule has 0 fully saturated rings. The standard InChI is InChI=1S/C55H36N4/c1-2-20-42(21-3-1)59-54-31-13-8-26-49(54)56-55(59)40-19-15-17-38(33-40)37-16-14-18-39(32-37)41-34-43(57-50-27-9-4-22-45(50)46-23-5-10-28-51(46)57)36-44(35-41)58-52-29-11-6-24-47(52)48-25-7-12-30-53(48)58/h1-36H. The molecule has 0 atom stereocenters. The molecule has 0 unspecified atom stereocenters. The zero-order valence-electron chi connectivity index (χ0n) is 32.1. The average Bonchev–Trinajstić information content (AvgIpc) is 3.98. The van der Waals surface area contributed by atoms with Gasteiger partial charge in [0.05, 0.1) is 33.1 Å². The summed E-state index contributed by atoms with van der Waals surface area (Å²) in [7, 11) is 0. The van der Waals surface area contributed by atoms with Crippen LogP contribution in [0, 0.1) is 0 Å². The van der Waals surface area contributed by atoms with Crippen molar-refractivity contribution in [2.75, 3.05) is 0 Å². The predicted octanol–water partition coefficient (Wildman–Crippen LogP) is 14.2. The molecule has 0 spiro atoms. The minimum atomic E-state index is 0.921. The van der Waals surface area contributed by atoms with Crippen LogP contribution in [0.25, 0.3) is 105 Å². The van der Waals surface area contributed by atoms with Crippen LogP contribution < -0.4 is 0 Å². The van der Waals surface area contributed by atoms with Crippen LogP contribution in [0.1, 0.15) is 0 Å². The molecule has 12 rings (SSSR count). The van der Waals surface area contributed by atoms with E-state index in [4.69, 9.17) is 4.98 Å². The van der Waals surface area contributed by atoms with Crippen molar-refractivity contribution in [2.24, 2.45) is 0 Å². The molecule has 0 radical (unpaired) electrons. The van der Waals surface area contributed by atoms with Crippen LogP contribution in [-0.2, 0) is 0 Å². The Bertz CT molecular complexity index is 3330. The first-order valence-electron chi connectivity index (χ1n) is 20.1. The highest BCUT2D eigenvalue weighted by Gasteiger charge is 2.18. The largest absolute Gasteiger partial charge is 0.309 e. The summed E-state index contributed by atoms with van der Waals surface area (Å²) in [6.45, 7) is 0. The number of hydrogen-bond donors (Lipinski definition) is 0. The van der Waals surface area contributed by atoms with E-state index in [0.29, 0.717) is 0 Å². The molecule has 59 heavy (non-hydrogen) atoms. The number of para-hydroxylation sites is 7. The third kappa shape index (κ3) is 5.34. The second kappa shape index (κ2) is 13.3. The number of imidazole rings is 1. The van der Waals surface area contributed by atoms with Crippen molar-refractivity contribution < 1.29 is 0 Å². The van der Waals surface area contributed by atoms with E-state index in [2.05, 4.69) is 232 Å². The predicted molar refractivity (Wildman–Crippen MR) is 246 cm³/mol. The highest BCUT2D eigenvalue weighted by molar-refractivity contribution is 6.10. The van der Waals surface area contributed by atoms with Crippen LogP contribution in [0.2, 0.25) is 0 Å². The maximum absolute atomic E-state index is 5.17. The topological polar surface area (TPSA) is 27.7 Å². The molecular weight excluding hydrogens is 717 g/mol. The van der Waals surface area contributed by atoms with Gasteiger partial charge in [-0.05, 0) is 101 Å². The van der Waals surface area contributed by atoms with Gasteiger partial charge in [-0.1, -0.05) is 140 Å². The van der Waals surface area contributed by atoms with Gasteiger partial charge in [-0.3, -0.25) is 4.57 Å². The molecule has 4 heteroatoms. The molecule has 0 aliphatic carbocycles. The van der Waals surface area contributed by atoms with Crippen molar-refractivity contribution in [1.29, 1.82) is 0 Å². The smallest absolute Gasteiger partial charge is 0.145 e. The van der Waals surface area contributed by atoms with Gasteiger partial charge in [-0.15, -0.1) is 0 Å². The number of rotatable bonds is 6. The molecule has 9 aromatic carbocycles. The number of aromatic nitrogens is 4. The van der Waals surface area contributed by atoms with Gasteiger partial charge in [0.15, 0.2) is 0 Å². The summed E-state index contributed by atoms with van der Waals surface area (Å²) in [6, 6.07) is 78.7. The van der Waals surface area contributed by atoms with Gasteiger partial charge >= 0.3 is 0 Å². The van der Waals surface area contributed by atoms with Crippen LogP contribution in [0.3, 0.4) is 0 Å². The van der Waals surface area contributed by atoms with E-state index in [1.807, 2.05) is 0 Å². The Morgan fingerprint density at radius 1 is 0.254 bits per heavy atom. The van der Waals surface area contributed by atoms with Crippen LogP contribution in [0.15, 0.2) is 218 Å². The Morgan fingerprint density at radius 2 is 0.661 bits per heavy atom. The highest BCUT2D eigenvalue weighted by atomic mass is 15.1. The summed E-state index contributed by atoms with van der Waals surface area (Å²) in [5.41, 5.74) is 15.8. The molecule has 0 saturated heterocycles. The maximum atomic E-state index is 5.17. The molecule has 3 heterocycles. The van der Waals surface area contributed by atoms with Crippen LogP contribution in [0.4, 0.5) is 0 Å². The van der Waals surface area contributed by atoms with E-state index >= 15 is 0 Å². The van der Waals surface area contributed by atoms with E-state index in [1.165, 1.54) is 43.6 Å². The second-order valence-electron chi connectivity index (χ2n) is 15.2. The minimum absolute atomic E-state index is 0.921. The van der Waals surface area contributed by atoms with Gasteiger partial charge in [-0.2, -0.15) is 0 Å². The summed E-state index contributed by atoms with van der Waals surface area (Å²) < 4.78 is 7.12. The second-order valence-corrected chi connectivity index (χ2v) is 15.2. The molecule has 0 aliphatic heterocycles. The van der Waals surface area contributed by atoms with Crippen LogP contribution in [-0.4, -0.2) is 18.7 Å². The van der Waals surface area contributed by atoms with E-state index in [-0.39, 0.29) is 0 Å². The molecule has 0 saturated carbocycles. The Morgan fingerprint density at radius 3 is 1.19 bits per heavy atom. The number of fused-ring (bicyclic) bond motifs is 7. The van der Waals surface area contributed by atoms with Crippen LogP contribution in [0.5, 0.6) is 0 Å². The fourth-order valence-electron chi connectivity index (χ4n) is 9.20. The Balaban J connectivity index is 1.06. The molecule has 0 N–H and O–H groups in total. The zero-order valence-corrected chi connectivity index (χ0v) is 32.1. The van der Waals surface area contributed by atoms with Crippen molar-refractivity contribution in [1.82, 2.24) is 18.7 Å². The van der Waals surface area contributed by atoms with Crippen molar-refractivity contribution >= 4 is 54.6 Å². The molecule has 0 aliphatic rings. The van der Waals surface area contributed by atoms with Gasteiger partial charge in [0.1, 0.15) is 5.82 Å². The number of benzene rings is 9. The molecule has 0 amide bonds. The molecule has 4 nitrogen and oxygen atoms in total. The third-order valence-corrected chi connectivity index (χ3v) is 11.8. The minimum Gasteiger partial charge on any atom is -0.309 e. The molecule has 0 bridgehead atoms. The fraction of sp³-hybridized carbons (Fsp3) is 0. The Labute approximate surface area is 341 Å². The Kier molecular flexibility index (Phi) is 7.50. The van der Waals surface area contributed by atoms with E-state index in [0.717, 1.165) is 61.7 Å². The Hall–Kier alpha value is -7.95. The first kappa shape index (κ1) is 33.2. The van der Waals surface area contributed by atoms with Gasteiger partial charge in [0.2, 0.25) is 0 Å². The van der Waals surface area contributed by atoms with Crippen molar-refractivity contribution in [3.63, 3.8) is 0 Å². The van der Waals surface area contributed by atoms with Gasteiger partial charge < -0.3 is 9.13 Å². The summed E-state index contributed by atoms with van der Waals surface area (Å²) in [5, 5.41) is 4.98. The third-order valence-electron chi connectivity index (χ3n) is 11.8. The zero-order chi connectivity index (χ0) is 38.9. The summed E-state index contributed by atoms with van der Waals surface area (Å²) in [6.07, 6.45) is 0. The van der Waals surface area contributed by atoms with Gasteiger partial charge in [0, 0.05) is 44.2 Å². The molecule has 3 aromatic heterocycles. The summed E-state index contributed by atoms with van der Waals surface area (Å²) in [4.78, 5) is 5.17. The lowest BCUT2D eigenvalue weighted by molar-refractivity contribution is 1.10. The van der Waals surface area contributed by atoms with Crippen molar-refractivity contribution in [3.05, 3.63) is 218 Å². The lowest BCUT2D eigenvalue weighted by atomic mass is 9.97. The first-order valence-corrected chi connectivity index (χ1v) is 20.1. The first-order chi connectivity index (χ1) is 29.3. The normalized spacial score (nSPS) is 11.7. The number of hydrogen-bond acceptors (Lipinski definition) is 1. The quantitative estimate of drug-likeness (QED) is 0.166. The van der Waals surface area contributed by atoms with E-state index in [1.54, 1.807) is 0 Å². The highest BCUT2D eigenvalue weighted by Crippen LogP contribution is 2.39. The van der Waals surface area contributed by atoms with Gasteiger partial charge in [-0.25, -0.2) is 4.98 Å². The maximum Gasteiger partial charge on any atom is 0.145 e. The lowest BCUT2D eigenvalue weighted by Gasteiger charge is -2.16.